The van der Waals surface area contributed by atoms with Crippen LogP contribution in [0.3, 0.4) is 0 Å². The van der Waals surface area contributed by atoms with Crippen LogP contribution in [-0.4, -0.2) is 71.0 Å². The monoisotopic (exact) mass is 300 g/mol. The zero-order chi connectivity index (χ0) is 15.0. The van der Waals surface area contributed by atoms with Gasteiger partial charge in [0.15, 0.2) is 5.84 Å². The third-order valence-electron chi connectivity index (χ3n) is 3.08. The first-order valence-electron chi connectivity index (χ1n) is 5.85. The average Bonchev–Trinajstić information content (AvgIpc) is 2.41. The summed E-state index contributed by atoms with van der Waals surface area (Å²) < 4.78 is 0. The van der Waals surface area contributed by atoms with Crippen LogP contribution >= 0.6 is 11.8 Å². The number of nitrogens with two attached hydrogens (primary N) is 1. The number of likely N-dealkylation sites (N-methyl/N-ethyl adjacent to an activating group) is 1. The summed E-state index contributed by atoms with van der Waals surface area (Å²) in [4.78, 5) is 31.0. The van der Waals surface area contributed by atoms with E-state index in [1.54, 1.807) is 19.0 Å². The van der Waals surface area contributed by atoms with Crippen molar-refractivity contribution in [2.24, 2.45) is 10.9 Å². The standard InChI is InChI=1S/C11H16N4O4S/c1-14(2)8(13-19-3)5-4-20-10-6(12)9(16)15(10)7(5)11(17)18/h6,10H,4,12H2,1-3H3,(H,17,18)/t6-,10+/m1/s1. The van der Waals surface area contributed by atoms with Gasteiger partial charge in [0.2, 0.25) is 5.91 Å². The van der Waals surface area contributed by atoms with Crippen molar-refractivity contribution in [3.05, 3.63) is 11.3 Å². The van der Waals surface area contributed by atoms with Crippen molar-refractivity contribution in [1.29, 1.82) is 0 Å². The van der Waals surface area contributed by atoms with Crippen LogP contribution in [-0.2, 0) is 14.4 Å². The lowest BCUT2D eigenvalue weighted by atomic mass is 10.0. The molecule has 1 saturated heterocycles. The lowest BCUT2D eigenvalue weighted by Crippen LogP contribution is -2.68. The van der Waals surface area contributed by atoms with Gasteiger partial charge in [-0.1, -0.05) is 5.16 Å². The molecule has 0 bridgehead atoms. The van der Waals surface area contributed by atoms with Gasteiger partial charge in [-0.25, -0.2) is 4.79 Å². The first kappa shape index (κ1) is 14.7. The predicted molar refractivity (Wildman–Crippen MR) is 73.9 cm³/mol. The van der Waals surface area contributed by atoms with Gasteiger partial charge in [0, 0.05) is 25.4 Å². The van der Waals surface area contributed by atoms with Crippen LogP contribution in [0.4, 0.5) is 0 Å². The van der Waals surface area contributed by atoms with Crippen molar-refractivity contribution in [2.75, 3.05) is 27.0 Å². The number of carboxylic acids is 1. The van der Waals surface area contributed by atoms with E-state index in [1.165, 1.54) is 23.8 Å². The largest absolute Gasteiger partial charge is 0.477 e. The number of aliphatic carboxylic acids is 1. The maximum atomic E-state index is 11.8. The second-order valence-electron chi connectivity index (χ2n) is 4.56. The van der Waals surface area contributed by atoms with Crippen LogP contribution in [0.5, 0.6) is 0 Å². The number of carboxylic acid groups (broad SMARTS) is 1. The number of rotatable bonds is 3. The summed E-state index contributed by atoms with van der Waals surface area (Å²) in [5.41, 5.74) is 6.07. The molecule has 0 aromatic rings. The van der Waals surface area contributed by atoms with Crippen molar-refractivity contribution in [1.82, 2.24) is 9.80 Å². The minimum Gasteiger partial charge on any atom is -0.477 e. The molecule has 0 spiro atoms. The number of amidine groups is 1. The first-order chi connectivity index (χ1) is 9.40. The maximum Gasteiger partial charge on any atom is 0.353 e. The Kier molecular flexibility index (Phi) is 3.91. The molecule has 2 aliphatic heterocycles. The summed E-state index contributed by atoms with van der Waals surface area (Å²) >= 11 is 1.42. The first-order valence-corrected chi connectivity index (χ1v) is 6.90. The van der Waals surface area contributed by atoms with Gasteiger partial charge < -0.3 is 20.6 Å². The molecule has 110 valence electrons. The number of carbonyl (C=O) groups excluding carboxylic acids is 1. The number of hydrogen-bond donors (Lipinski definition) is 2. The Morgan fingerprint density at radius 3 is 2.75 bits per heavy atom. The quantitative estimate of drug-likeness (QED) is 0.300. The Labute approximate surface area is 120 Å². The molecule has 2 atom stereocenters. The SMILES string of the molecule is CON=C(C1=C(C(=O)O)N2C(=O)[C@@H](N)[C@@H]2SC1)N(C)C. The zero-order valence-corrected chi connectivity index (χ0v) is 12.2. The van der Waals surface area contributed by atoms with Gasteiger partial charge in [-0.15, -0.1) is 11.8 Å². The van der Waals surface area contributed by atoms with E-state index in [1.807, 2.05) is 0 Å². The predicted octanol–water partition coefficient (Wildman–Crippen LogP) is -0.911. The van der Waals surface area contributed by atoms with Gasteiger partial charge in [-0.2, -0.15) is 0 Å². The molecule has 2 aliphatic rings. The summed E-state index contributed by atoms with van der Waals surface area (Å²) in [6.07, 6.45) is 0. The minimum absolute atomic E-state index is 0.0649. The molecule has 2 rings (SSSR count). The van der Waals surface area contributed by atoms with Crippen LogP contribution in [0.25, 0.3) is 0 Å². The number of fused-ring (bicyclic) bond motifs is 1. The van der Waals surface area contributed by atoms with Gasteiger partial charge in [0.25, 0.3) is 0 Å². The van der Waals surface area contributed by atoms with Crippen molar-refractivity contribution in [3.8, 4) is 0 Å². The van der Waals surface area contributed by atoms with E-state index >= 15 is 0 Å². The van der Waals surface area contributed by atoms with Gasteiger partial charge in [0.05, 0.1) is 0 Å². The molecule has 0 unspecified atom stereocenters. The molecule has 3 N–H and O–H groups in total. The molecule has 0 aromatic heterocycles. The molecule has 0 aliphatic carbocycles. The van der Waals surface area contributed by atoms with Crippen molar-refractivity contribution < 1.29 is 19.5 Å². The van der Waals surface area contributed by atoms with Gasteiger partial charge in [-0.3, -0.25) is 9.69 Å². The minimum atomic E-state index is -1.17. The maximum absolute atomic E-state index is 11.8. The van der Waals surface area contributed by atoms with Crippen LogP contribution in [0.2, 0.25) is 0 Å². The van der Waals surface area contributed by atoms with E-state index < -0.39 is 12.0 Å². The van der Waals surface area contributed by atoms with Crippen LogP contribution in [0, 0.1) is 0 Å². The number of oxime groups is 1. The highest BCUT2D eigenvalue weighted by Crippen LogP contribution is 2.39. The van der Waals surface area contributed by atoms with Gasteiger partial charge in [-0.05, 0) is 0 Å². The Hall–Kier alpha value is -1.74. The molecule has 20 heavy (non-hydrogen) atoms. The smallest absolute Gasteiger partial charge is 0.353 e. The summed E-state index contributed by atoms with van der Waals surface area (Å²) in [7, 11) is 4.84. The number of thioether (sulfide) groups is 1. The number of amides is 1. The van der Waals surface area contributed by atoms with E-state index in [-0.39, 0.29) is 17.0 Å². The Morgan fingerprint density at radius 1 is 1.60 bits per heavy atom. The van der Waals surface area contributed by atoms with Crippen molar-refractivity contribution in [2.45, 2.75) is 11.4 Å². The average molecular weight is 300 g/mol. The molecule has 9 heteroatoms. The topological polar surface area (TPSA) is 108 Å². The second-order valence-corrected chi connectivity index (χ2v) is 5.66. The van der Waals surface area contributed by atoms with Gasteiger partial charge in [0.1, 0.15) is 24.2 Å². The highest BCUT2D eigenvalue weighted by atomic mass is 32.2. The van der Waals surface area contributed by atoms with Crippen molar-refractivity contribution >= 4 is 29.5 Å². The highest BCUT2D eigenvalue weighted by Gasteiger charge is 2.52. The lowest BCUT2D eigenvalue weighted by molar-refractivity contribution is -0.147. The number of hydrogen-bond acceptors (Lipinski definition) is 6. The van der Waals surface area contributed by atoms with Crippen LogP contribution in [0.1, 0.15) is 0 Å². The fourth-order valence-electron chi connectivity index (χ4n) is 2.18. The summed E-state index contributed by atoms with van der Waals surface area (Å²) in [5.74, 6) is -0.766. The third-order valence-corrected chi connectivity index (χ3v) is 4.38. The van der Waals surface area contributed by atoms with E-state index in [0.29, 0.717) is 17.2 Å². The summed E-state index contributed by atoms with van der Waals surface area (Å²) in [6, 6.07) is -0.641. The molecule has 2 heterocycles. The zero-order valence-electron chi connectivity index (χ0n) is 11.4. The highest BCUT2D eigenvalue weighted by molar-refractivity contribution is 8.00. The lowest BCUT2D eigenvalue weighted by Gasteiger charge is -2.48. The van der Waals surface area contributed by atoms with Crippen LogP contribution < -0.4 is 5.73 Å². The molecule has 1 fully saturated rings. The van der Waals surface area contributed by atoms with Crippen molar-refractivity contribution in [3.63, 3.8) is 0 Å². The van der Waals surface area contributed by atoms with E-state index in [4.69, 9.17) is 10.6 Å². The molecular weight excluding hydrogens is 284 g/mol. The van der Waals surface area contributed by atoms with E-state index in [0.717, 1.165) is 0 Å². The fraction of sp³-hybridized carbons (Fsp3) is 0.545. The second kappa shape index (κ2) is 5.33. The summed E-state index contributed by atoms with van der Waals surface area (Å²) in [6.45, 7) is 0. The Balaban J connectivity index is 2.50. The number of carbonyl (C=O) groups is 2. The van der Waals surface area contributed by atoms with E-state index in [2.05, 4.69) is 5.16 Å². The molecule has 0 saturated carbocycles. The number of nitrogens with zero attached hydrogens (tertiary/aromatic N) is 3. The fourth-order valence-corrected chi connectivity index (χ4v) is 3.47. The number of β-lactam (4-membered cyclic amide) rings is 1. The van der Waals surface area contributed by atoms with E-state index in [9.17, 15) is 14.7 Å². The van der Waals surface area contributed by atoms with Gasteiger partial charge >= 0.3 is 5.97 Å². The molecule has 1 amide bonds. The Bertz CT molecular complexity index is 517. The molecule has 0 aromatic carbocycles. The van der Waals surface area contributed by atoms with Crippen LogP contribution in [0.15, 0.2) is 16.4 Å². The molecule has 0 radical (unpaired) electrons. The molecular formula is C11H16N4O4S. The summed E-state index contributed by atoms with van der Waals surface area (Å²) in [5, 5.41) is 12.9. The third kappa shape index (κ3) is 2.12. The normalized spacial score (nSPS) is 26.1. The molecule has 8 nitrogen and oxygen atoms in total. The Morgan fingerprint density at radius 2 is 2.25 bits per heavy atom.